The molecule has 5 heterocycles. The van der Waals surface area contributed by atoms with Crippen molar-refractivity contribution < 1.29 is 26.3 Å². The van der Waals surface area contributed by atoms with Crippen LogP contribution in [0.2, 0.25) is 10.3 Å². The molecular formula is C45H47Cl2F6N11. The summed E-state index contributed by atoms with van der Waals surface area (Å²) >= 11 is 12.8. The highest BCUT2D eigenvalue weighted by Crippen LogP contribution is 2.50. The number of alkyl halides is 5. The molecule has 64 heavy (non-hydrogen) atoms. The van der Waals surface area contributed by atoms with Gasteiger partial charge in [0, 0.05) is 56.4 Å². The summed E-state index contributed by atoms with van der Waals surface area (Å²) in [5, 5.41) is 17.4. The van der Waals surface area contributed by atoms with Crippen LogP contribution in [0.25, 0.3) is 22.1 Å². The molecule has 0 spiro atoms. The lowest BCUT2D eigenvalue weighted by Crippen LogP contribution is -2.49. The number of pyridine rings is 2. The smallest absolute Gasteiger partial charge is 0.366 e. The average molecular weight is 927 g/mol. The minimum Gasteiger partial charge on any atom is -0.366 e. The minimum absolute atomic E-state index is 0.0557. The second kappa shape index (κ2) is 20.1. The van der Waals surface area contributed by atoms with Crippen molar-refractivity contribution in [1.82, 2.24) is 34.8 Å². The third-order valence-corrected chi connectivity index (χ3v) is 11.7. The number of piperazine rings is 1. The molecule has 2 aromatic carbocycles. The van der Waals surface area contributed by atoms with E-state index in [1.54, 1.807) is 19.1 Å². The Bertz CT molecular complexity index is 2660. The van der Waals surface area contributed by atoms with E-state index >= 15 is 0 Å². The number of rotatable bonds is 10. The zero-order valence-electron chi connectivity index (χ0n) is 36.1. The molecule has 0 radical (unpaired) electrons. The van der Waals surface area contributed by atoms with Gasteiger partial charge in [-0.25, -0.2) is 43.1 Å². The SMILES string of the molecule is CC.Cc1nc(NCc2cccc(C(F)(F)F)c2C)c2cc(N3CCN(C(C)C)CC3)c(Cl)nc2n1.N#CC1(c2cc3c(NCc4cccc(C(F)F)c4F)ncnc3nc2Cl)CC1. The summed E-state index contributed by atoms with van der Waals surface area (Å²) in [5.41, 5.74) is 1.08. The van der Waals surface area contributed by atoms with Crippen LogP contribution < -0.4 is 15.5 Å². The van der Waals surface area contributed by atoms with Gasteiger partial charge in [-0.15, -0.1) is 0 Å². The number of aryl methyl sites for hydroxylation is 1. The molecule has 1 saturated heterocycles. The van der Waals surface area contributed by atoms with Gasteiger partial charge in [0.1, 0.15) is 34.8 Å². The molecule has 2 aliphatic rings. The highest BCUT2D eigenvalue weighted by Gasteiger charge is 2.47. The maximum absolute atomic E-state index is 14.2. The zero-order valence-corrected chi connectivity index (χ0v) is 37.6. The quantitative estimate of drug-likeness (QED) is 0.101. The molecule has 0 bridgehead atoms. The number of nitrogens with one attached hydrogen (secondary N) is 2. The average Bonchev–Trinajstić information content (AvgIpc) is 4.06. The summed E-state index contributed by atoms with van der Waals surface area (Å²) in [5.74, 6) is 0.417. The summed E-state index contributed by atoms with van der Waals surface area (Å²) in [6.45, 7) is 15.2. The molecule has 0 amide bonds. The molecule has 0 unspecified atom stereocenters. The molecule has 19 heteroatoms. The van der Waals surface area contributed by atoms with Crippen LogP contribution in [0.5, 0.6) is 0 Å². The van der Waals surface area contributed by atoms with E-state index in [4.69, 9.17) is 23.2 Å². The molecule has 1 aliphatic heterocycles. The molecule has 1 saturated carbocycles. The number of fused-ring (bicyclic) bond motifs is 2. The largest absolute Gasteiger partial charge is 0.416 e. The third kappa shape index (κ3) is 10.5. The monoisotopic (exact) mass is 925 g/mol. The van der Waals surface area contributed by atoms with E-state index < -0.39 is 35.0 Å². The lowest BCUT2D eigenvalue weighted by atomic mass is 9.98. The number of nitriles is 1. The molecule has 4 aromatic heterocycles. The predicted molar refractivity (Wildman–Crippen MR) is 238 cm³/mol. The second-order valence-corrected chi connectivity index (χ2v) is 16.2. The van der Waals surface area contributed by atoms with Crippen molar-refractivity contribution in [3.05, 3.63) is 110 Å². The maximum atomic E-state index is 14.2. The first-order valence-corrected chi connectivity index (χ1v) is 21.5. The van der Waals surface area contributed by atoms with E-state index in [9.17, 15) is 31.6 Å². The van der Waals surface area contributed by atoms with Gasteiger partial charge in [0.05, 0.1) is 39.1 Å². The van der Waals surface area contributed by atoms with E-state index in [2.05, 4.69) is 70.3 Å². The number of aromatic nitrogens is 6. The van der Waals surface area contributed by atoms with Crippen LogP contribution in [0.15, 0.2) is 54.9 Å². The lowest BCUT2D eigenvalue weighted by Gasteiger charge is -2.38. The summed E-state index contributed by atoms with van der Waals surface area (Å²) in [6, 6.07) is 14.5. The van der Waals surface area contributed by atoms with Crippen LogP contribution in [0.1, 0.15) is 86.2 Å². The first-order valence-electron chi connectivity index (χ1n) is 20.8. The van der Waals surface area contributed by atoms with E-state index in [1.165, 1.54) is 31.5 Å². The predicted octanol–water partition coefficient (Wildman–Crippen LogP) is 11.4. The second-order valence-electron chi connectivity index (χ2n) is 15.4. The van der Waals surface area contributed by atoms with Crippen LogP contribution in [-0.2, 0) is 24.7 Å². The number of hydrogen-bond donors (Lipinski definition) is 2. The lowest BCUT2D eigenvalue weighted by molar-refractivity contribution is -0.138. The van der Waals surface area contributed by atoms with Gasteiger partial charge in [0.2, 0.25) is 0 Å². The molecule has 11 nitrogen and oxygen atoms in total. The molecule has 1 aliphatic carbocycles. The zero-order chi connectivity index (χ0) is 46.5. The molecule has 6 aromatic rings. The Morgan fingerprint density at radius 2 is 1.44 bits per heavy atom. The Labute approximate surface area is 377 Å². The number of nitrogens with zero attached hydrogens (tertiary/aromatic N) is 9. The van der Waals surface area contributed by atoms with Crippen molar-refractivity contribution in [3.8, 4) is 6.07 Å². The summed E-state index contributed by atoms with van der Waals surface area (Å²) in [7, 11) is 0. The van der Waals surface area contributed by atoms with E-state index in [0.29, 0.717) is 74.7 Å². The van der Waals surface area contributed by atoms with Crippen molar-refractivity contribution in [2.75, 3.05) is 41.7 Å². The fourth-order valence-corrected chi connectivity index (χ4v) is 7.99. The molecule has 8 rings (SSSR count). The van der Waals surface area contributed by atoms with Crippen molar-refractivity contribution in [1.29, 1.82) is 5.26 Å². The van der Waals surface area contributed by atoms with Gasteiger partial charge in [-0.05, 0) is 69.9 Å². The molecule has 2 fully saturated rings. The highest BCUT2D eigenvalue weighted by molar-refractivity contribution is 6.32. The van der Waals surface area contributed by atoms with Crippen LogP contribution in [0.3, 0.4) is 0 Å². The molecule has 338 valence electrons. The van der Waals surface area contributed by atoms with Gasteiger partial charge in [0.25, 0.3) is 6.43 Å². The number of benzene rings is 2. The molecular weight excluding hydrogens is 879 g/mol. The Hall–Kier alpha value is -5.57. The van der Waals surface area contributed by atoms with Gasteiger partial charge < -0.3 is 15.5 Å². The first kappa shape index (κ1) is 47.9. The van der Waals surface area contributed by atoms with E-state index in [1.807, 2.05) is 19.9 Å². The maximum Gasteiger partial charge on any atom is 0.416 e. The van der Waals surface area contributed by atoms with Crippen LogP contribution in [0, 0.1) is 31.0 Å². The third-order valence-electron chi connectivity index (χ3n) is 11.2. The topological polar surface area (TPSA) is 132 Å². The van der Waals surface area contributed by atoms with Gasteiger partial charge >= 0.3 is 6.18 Å². The van der Waals surface area contributed by atoms with E-state index in [0.717, 1.165) is 44.0 Å². The fraction of sp³-hybridized carbons (Fsp3) is 0.400. The highest BCUT2D eigenvalue weighted by atomic mass is 35.5. The Morgan fingerprint density at radius 1 is 0.812 bits per heavy atom. The minimum atomic E-state index is -4.40. The normalized spacial score (nSPS) is 14.8. The summed E-state index contributed by atoms with van der Waals surface area (Å²) in [4.78, 5) is 30.5. The Kier molecular flexibility index (Phi) is 15.0. The van der Waals surface area contributed by atoms with Gasteiger partial charge in [0.15, 0.2) is 16.4 Å². The van der Waals surface area contributed by atoms with Crippen molar-refractivity contribution >= 4 is 62.6 Å². The fourth-order valence-electron chi connectivity index (χ4n) is 7.42. The molecule has 0 atom stereocenters. The number of anilines is 3. The van der Waals surface area contributed by atoms with Crippen LogP contribution >= 0.6 is 23.2 Å². The Balaban J connectivity index is 0.000000208. The van der Waals surface area contributed by atoms with Crippen molar-refractivity contribution in [2.45, 2.75) is 91.5 Å². The summed E-state index contributed by atoms with van der Waals surface area (Å²) < 4.78 is 80.0. The van der Waals surface area contributed by atoms with Crippen molar-refractivity contribution in [3.63, 3.8) is 0 Å². The molecule has 2 N–H and O–H groups in total. The van der Waals surface area contributed by atoms with Gasteiger partial charge in [-0.2, -0.15) is 18.4 Å². The number of halogens is 8. The summed E-state index contributed by atoms with van der Waals surface area (Å²) in [6.07, 6.45) is -4.63. The van der Waals surface area contributed by atoms with Crippen LogP contribution in [-0.4, -0.2) is 67.0 Å². The number of hydrogen-bond acceptors (Lipinski definition) is 11. The van der Waals surface area contributed by atoms with Gasteiger partial charge in [-0.3, -0.25) is 4.90 Å². The van der Waals surface area contributed by atoms with Crippen LogP contribution in [0.4, 0.5) is 43.7 Å². The first-order chi connectivity index (χ1) is 30.5. The Morgan fingerprint density at radius 3 is 2.08 bits per heavy atom. The van der Waals surface area contributed by atoms with E-state index in [-0.39, 0.29) is 29.4 Å². The van der Waals surface area contributed by atoms with Crippen molar-refractivity contribution in [2.24, 2.45) is 0 Å². The van der Waals surface area contributed by atoms with Gasteiger partial charge in [-0.1, -0.05) is 67.4 Å². The standard InChI is InChI=1S/C24H28ClF3N6.C19H13ClF3N5.C2H6/c1-14(2)33-8-10-34(11-9-33)20-12-18-22(30-16(4)31-23(18)32-21(20)25)29-13-17-6-5-7-19(15(17)3)24(26,27)28;20-15-13(19(8-24)4-5-19)6-12-17(26-9-27-18(12)28-15)25-7-10-2-1-3-11(14(10)21)16(22)23;1-2/h5-7,12,14H,8-11,13H2,1-4H3,(H,29,30,31,32);1-3,6,9,16H,4-5,7H2,(H,25,26,27,28);1-2H3.